The molecule has 0 aliphatic carbocycles. The van der Waals surface area contributed by atoms with E-state index in [9.17, 15) is 4.79 Å². The molecule has 2 heterocycles. The zero-order chi connectivity index (χ0) is 16.5. The maximum atomic E-state index is 12.5. The number of ether oxygens (including phenoxy) is 2. The van der Waals surface area contributed by atoms with Gasteiger partial charge in [0, 0.05) is 23.5 Å². The first kappa shape index (κ1) is 14.9. The van der Waals surface area contributed by atoms with Gasteiger partial charge >= 0.3 is 0 Å². The molecule has 5 nitrogen and oxygen atoms in total. The fourth-order valence-electron chi connectivity index (χ4n) is 3.35. The van der Waals surface area contributed by atoms with Crippen molar-refractivity contribution in [3.63, 3.8) is 0 Å². The Morgan fingerprint density at radius 1 is 1.17 bits per heavy atom. The molecule has 0 bridgehead atoms. The summed E-state index contributed by atoms with van der Waals surface area (Å²) in [5.41, 5.74) is 3.18. The summed E-state index contributed by atoms with van der Waals surface area (Å²) < 4.78 is 11.1. The predicted octanol–water partition coefficient (Wildman–Crippen LogP) is 2.85. The van der Waals surface area contributed by atoms with E-state index in [-0.39, 0.29) is 5.91 Å². The Balaban J connectivity index is 1.46. The quantitative estimate of drug-likeness (QED) is 0.943. The second-order valence-electron chi connectivity index (χ2n) is 6.22. The van der Waals surface area contributed by atoms with Crippen molar-refractivity contribution in [3.05, 3.63) is 48.0 Å². The molecule has 2 aromatic carbocycles. The Bertz CT molecular complexity index is 775. The number of amides is 1. The maximum absolute atomic E-state index is 12.5. The SMILES string of the molecule is C[C@@H]1Cc2ccccc2N1CC(=O)Nc1ccc2c(c1)OCCO2. The minimum absolute atomic E-state index is 0.0322. The Hall–Kier alpha value is -2.69. The molecular weight excluding hydrogens is 304 g/mol. The highest BCUT2D eigenvalue weighted by molar-refractivity contribution is 5.94. The molecule has 124 valence electrons. The van der Waals surface area contributed by atoms with Crippen LogP contribution < -0.4 is 19.7 Å². The molecule has 2 aliphatic heterocycles. The lowest BCUT2D eigenvalue weighted by Crippen LogP contribution is -2.37. The minimum Gasteiger partial charge on any atom is -0.486 e. The highest BCUT2D eigenvalue weighted by atomic mass is 16.6. The van der Waals surface area contributed by atoms with Gasteiger partial charge in [-0.2, -0.15) is 0 Å². The summed E-state index contributed by atoms with van der Waals surface area (Å²) in [6.07, 6.45) is 0.980. The zero-order valence-electron chi connectivity index (χ0n) is 13.6. The molecule has 24 heavy (non-hydrogen) atoms. The predicted molar refractivity (Wildman–Crippen MR) is 93.0 cm³/mol. The van der Waals surface area contributed by atoms with E-state index >= 15 is 0 Å². The smallest absolute Gasteiger partial charge is 0.243 e. The summed E-state index contributed by atoms with van der Waals surface area (Å²) in [4.78, 5) is 14.6. The van der Waals surface area contributed by atoms with Gasteiger partial charge < -0.3 is 19.7 Å². The molecule has 2 aliphatic rings. The first-order chi connectivity index (χ1) is 11.7. The molecule has 1 N–H and O–H groups in total. The monoisotopic (exact) mass is 324 g/mol. The van der Waals surface area contributed by atoms with Gasteiger partial charge in [0.05, 0.1) is 6.54 Å². The lowest BCUT2D eigenvalue weighted by Gasteiger charge is -2.24. The van der Waals surface area contributed by atoms with Gasteiger partial charge in [0.1, 0.15) is 13.2 Å². The van der Waals surface area contributed by atoms with Gasteiger partial charge in [-0.05, 0) is 37.1 Å². The van der Waals surface area contributed by atoms with E-state index in [2.05, 4.69) is 29.3 Å². The topological polar surface area (TPSA) is 50.8 Å². The molecule has 2 aromatic rings. The fraction of sp³-hybridized carbons (Fsp3) is 0.316. The minimum atomic E-state index is -0.0322. The first-order valence-corrected chi connectivity index (χ1v) is 8.25. The number of hydrogen-bond acceptors (Lipinski definition) is 4. The van der Waals surface area contributed by atoms with Crippen LogP contribution in [0, 0.1) is 0 Å². The maximum Gasteiger partial charge on any atom is 0.243 e. The number of anilines is 2. The van der Waals surface area contributed by atoms with Crippen LogP contribution in [0.4, 0.5) is 11.4 Å². The van der Waals surface area contributed by atoms with Crippen LogP contribution in [0.2, 0.25) is 0 Å². The number of carbonyl (C=O) groups is 1. The molecule has 4 rings (SSSR count). The third kappa shape index (κ3) is 2.77. The van der Waals surface area contributed by atoms with E-state index < -0.39 is 0 Å². The molecule has 1 atom stereocenters. The van der Waals surface area contributed by atoms with Gasteiger partial charge in [-0.15, -0.1) is 0 Å². The van der Waals surface area contributed by atoms with E-state index in [0.29, 0.717) is 31.5 Å². The van der Waals surface area contributed by atoms with Crippen LogP contribution >= 0.6 is 0 Å². The van der Waals surface area contributed by atoms with Crippen molar-refractivity contribution in [2.45, 2.75) is 19.4 Å². The van der Waals surface area contributed by atoms with Crippen molar-refractivity contribution in [2.75, 3.05) is 30.0 Å². The molecule has 0 spiro atoms. The van der Waals surface area contributed by atoms with Crippen molar-refractivity contribution in [3.8, 4) is 11.5 Å². The molecule has 1 amide bonds. The Labute approximate surface area is 141 Å². The van der Waals surface area contributed by atoms with Gasteiger partial charge in [-0.3, -0.25) is 4.79 Å². The number of fused-ring (bicyclic) bond motifs is 2. The molecule has 0 saturated heterocycles. The molecule has 0 radical (unpaired) electrons. The van der Waals surface area contributed by atoms with Crippen LogP contribution in [0.1, 0.15) is 12.5 Å². The molecule has 0 unspecified atom stereocenters. The second kappa shape index (κ2) is 6.07. The summed E-state index contributed by atoms with van der Waals surface area (Å²) in [7, 11) is 0. The summed E-state index contributed by atoms with van der Waals surface area (Å²) in [5, 5.41) is 2.95. The highest BCUT2D eigenvalue weighted by Gasteiger charge is 2.27. The summed E-state index contributed by atoms with van der Waals surface area (Å²) in [6, 6.07) is 14.1. The van der Waals surface area contributed by atoms with Crippen molar-refractivity contribution >= 4 is 17.3 Å². The number of nitrogens with zero attached hydrogens (tertiary/aromatic N) is 1. The van der Waals surface area contributed by atoms with Crippen LogP contribution in [0.15, 0.2) is 42.5 Å². The van der Waals surface area contributed by atoms with Crippen molar-refractivity contribution in [1.82, 2.24) is 0 Å². The standard InChI is InChI=1S/C19H20N2O3/c1-13-10-14-4-2-3-5-16(14)21(13)12-19(22)20-15-6-7-17-18(11-15)24-9-8-23-17/h2-7,11,13H,8-10,12H2,1H3,(H,20,22)/t13-/m1/s1. The van der Waals surface area contributed by atoms with Crippen LogP contribution in [-0.4, -0.2) is 31.7 Å². The van der Waals surface area contributed by atoms with Crippen LogP contribution in [0.3, 0.4) is 0 Å². The number of rotatable bonds is 3. The summed E-state index contributed by atoms with van der Waals surface area (Å²) in [5.74, 6) is 1.37. The van der Waals surface area contributed by atoms with Gasteiger partial charge in [0.25, 0.3) is 0 Å². The number of hydrogen-bond donors (Lipinski definition) is 1. The lowest BCUT2D eigenvalue weighted by molar-refractivity contribution is -0.115. The fourth-order valence-corrected chi connectivity index (χ4v) is 3.35. The van der Waals surface area contributed by atoms with Gasteiger partial charge in [-0.1, -0.05) is 18.2 Å². The lowest BCUT2D eigenvalue weighted by atomic mass is 10.1. The Morgan fingerprint density at radius 3 is 2.83 bits per heavy atom. The van der Waals surface area contributed by atoms with Crippen molar-refractivity contribution in [2.24, 2.45) is 0 Å². The number of carbonyl (C=O) groups excluding carboxylic acids is 1. The van der Waals surface area contributed by atoms with Crippen molar-refractivity contribution in [1.29, 1.82) is 0 Å². The number of nitrogens with one attached hydrogen (secondary N) is 1. The van der Waals surface area contributed by atoms with Gasteiger partial charge in [-0.25, -0.2) is 0 Å². The summed E-state index contributed by atoms with van der Waals surface area (Å²) >= 11 is 0. The largest absolute Gasteiger partial charge is 0.486 e. The van der Waals surface area contributed by atoms with E-state index in [0.717, 1.165) is 23.5 Å². The van der Waals surface area contributed by atoms with Crippen molar-refractivity contribution < 1.29 is 14.3 Å². The number of benzene rings is 2. The Morgan fingerprint density at radius 2 is 1.96 bits per heavy atom. The van der Waals surface area contributed by atoms with Crippen LogP contribution in [0.5, 0.6) is 11.5 Å². The molecule has 5 heteroatoms. The Kier molecular flexibility index (Phi) is 3.76. The van der Waals surface area contributed by atoms with E-state index in [1.807, 2.05) is 30.3 Å². The average Bonchev–Trinajstić information content (AvgIpc) is 2.90. The van der Waals surface area contributed by atoms with E-state index in [4.69, 9.17) is 9.47 Å². The molecule has 0 fully saturated rings. The molecule has 0 aromatic heterocycles. The highest BCUT2D eigenvalue weighted by Crippen LogP contribution is 2.33. The normalized spacial score (nSPS) is 18.2. The van der Waals surface area contributed by atoms with Gasteiger partial charge in [0.2, 0.25) is 5.91 Å². The number of para-hydroxylation sites is 1. The molecule has 0 saturated carbocycles. The zero-order valence-corrected chi connectivity index (χ0v) is 13.6. The van der Waals surface area contributed by atoms with E-state index in [1.165, 1.54) is 5.56 Å². The average molecular weight is 324 g/mol. The third-order valence-corrected chi connectivity index (χ3v) is 4.49. The van der Waals surface area contributed by atoms with Crippen LogP contribution in [-0.2, 0) is 11.2 Å². The van der Waals surface area contributed by atoms with Crippen LogP contribution in [0.25, 0.3) is 0 Å². The second-order valence-corrected chi connectivity index (χ2v) is 6.22. The first-order valence-electron chi connectivity index (χ1n) is 8.25. The summed E-state index contributed by atoms with van der Waals surface area (Å²) in [6.45, 7) is 3.58. The van der Waals surface area contributed by atoms with Gasteiger partial charge in [0.15, 0.2) is 11.5 Å². The third-order valence-electron chi connectivity index (χ3n) is 4.49. The molecular formula is C19H20N2O3. The van der Waals surface area contributed by atoms with E-state index in [1.54, 1.807) is 0 Å².